The summed E-state index contributed by atoms with van der Waals surface area (Å²) >= 11 is 0. The van der Waals surface area contributed by atoms with Crippen LogP contribution in [0.4, 0.5) is 34.1 Å². The van der Waals surface area contributed by atoms with E-state index in [1.807, 2.05) is 0 Å². The predicted octanol–water partition coefficient (Wildman–Crippen LogP) is 15.0. The molecule has 64 heavy (non-hydrogen) atoms. The Morgan fingerprint density at radius 3 is 1.52 bits per heavy atom. The van der Waals surface area contributed by atoms with Gasteiger partial charge < -0.3 is 14.2 Å². The Labute approximate surface area is 385 Å². The van der Waals surface area contributed by atoms with Crippen LogP contribution in [0, 0.1) is 6.92 Å². The number of aryl methyl sites for hydroxylation is 1. The van der Waals surface area contributed by atoms with Crippen molar-refractivity contribution in [3.63, 3.8) is 0 Å². The number of rotatable bonds is 3. The zero-order chi connectivity index (χ0) is 45.4. The Bertz CT molecular complexity index is 2950. The van der Waals surface area contributed by atoms with E-state index >= 15 is 0 Å². The van der Waals surface area contributed by atoms with Gasteiger partial charge in [-0.1, -0.05) is 121 Å². The van der Waals surface area contributed by atoms with Gasteiger partial charge in [0.15, 0.2) is 0 Å². The van der Waals surface area contributed by atoms with Crippen LogP contribution in [0.15, 0.2) is 83.3 Å². The predicted molar refractivity (Wildman–Crippen MR) is 275 cm³/mol. The molecular weight excluding hydrogens is 775 g/mol. The molecule has 5 aromatic carbocycles. The van der Waals surface area contributed by atoms with E-state index in [9.17, 15) is 0 Å². The maximum absolute atomic E-state index is 7.61. The van der Waals surface area contributed by atoms with E-state index in [1.54, 1.807) is 0 Å². The van der Waals surface area contributed by atoms with Gasteiger partial charge in [0.25, 0.3) is 6.71 Å². The van der Waals surface area contributed by atoms with Crippen LogP contribution in [0.2, 0.25) is 0 Å². The highest BCUT2D eigenvalue weighted by Gasteiger charge is 2.50. The average molecular weight is 847 g/mol. The first-order valence-corrected chi connectivity index (χ1v) is 24.7. The normalized spacial score (nSPS) is 21.2. The van der Waals surface area contributed by atoms with Gasteiger partial charge in [-0.2, -0.15) is 0 Å². The van der Waals surface area contributed by atoms with Crippen molar-refractivity contribution in [1.82, 2.24) is 0 Å². The highest BCUT2D eigenvalue weighted by atomic mass is 16.3. The molecule has 0 saturated carbocycles. The number of furan rings is 1. The standard InChI is InChI=1S/C60H71BN2O/c1-35(2)37-16-18-38(19-17-37)63-50-29-36(3)28-49-52(50)61(54-53(63)40-31-43-46(34-51(40)64-54)60(14,15)27-24-57(43,8)9)47-32-44-45(59(12,13)26-25-58(44,10)11)33-48(47)62(49)39-20-21-41-42(30-39)56(6,7)23-22-55(41,4)5/h16-21,28-35H,22-27H2,1-15H3. The molecular formula is C60H71BN2O. The first-order valence-electron chi connectivity index (χ1n) is 24.7. The molecule has 11 rings (SSSR count). The van der Waals surface area contributed by atoms with Gasteiger partial charge in [-0.15, -0.1) is 0 Å². The van der Waals surface area contributed by atoms with Crippen molar-refractivity contribution in [2.24, 2.45) is 0 Å². The summed E-state index contributed by atoms with van der Waals surface area (Å²) in [5, 5.41) is 1.23. The van der Waals surface area contributed by atoms with Gasteiger partial charge in [0.1, 0.15) is 5.58 Å². The number of hydrogen-bond acceptors (Lipinski definition) is 3. The lowest BCUT2D eigenvalue weighted by Crippen LogP contribution is -2.61. The second-order valence-corrected chi connectivity index (χ2v) is 25.3. The van der Waals surface area contributed by atoms with E-state index in [4.69, 9.17) is 4.42 Å². The van der Waals surface area contributed by atoms with E-state index in [-0.39, 0.29) is 39.2 Å². The molecule has 4 heteroatoms. The summed E-state index contributed by atoms with van der Waals surface area (Å²) in [6.07, 6.45) is 7.07. The molecule has 3 heterocycles. The quantitative estimate of drug-likeness (QED) is 0.165. The third-order valence-electron chi connectivity index (χ3n) is 17.7. The Hall–Kier alpha value is -4.70. The van der Waals surface area contributed by atoms with Gasteiger partial charge in [0.05, 0.1) is 11.3 Å². The van der Waals surface area contributed by atoms with Crippen molar-refractivity contribution in [2.75, 3.05) is 9.80 Å². The number of hydrogen-bond donors (Lipinski definition) is 0. The average Bonchev–Trinajstić information content (AvgIpc) is 3.60. The van der Waals surface area contributed by atoms with Gasteiger partial charge in [-0.3, -0.25) is 0 Å². The van der Waals surface area contributed by atoms with Gasteiger partial charge in [0, 0.05) is 33.8 Å². The van der Waals surface area contributed by atoms with Crippen LogP contribution in [0.5, 0.6) is 0 Å². The van der Waals surface area contributed by atoms with Crippen molar-refractivity contribution < 1.29 is 4.42 Å². The summed E-state index contributed by atoms with van der Waals surface area (Å²) in [4.78, 5) is 5.26. The number of anilines is 6. The van der Waals surface area contributed by atoms with E-state index in [0.717, 1.165) is 11.2 Å². The van der Waals surface area contributed by atoms with Gasteiger partial charge in [0.2, 0.25) is 0 Å². The molecule has 0 fully saturated rings. The van der Waals surface area contributed by atoms with Crippen LogP contribution >= 0.6 is 0 Å². The SMILES string of the molecule is Cc1cc2c3c(c1)N(c1ccc(C(C)C)cc1)c1c(oc4cc5c(cc14)C(C)(C)CCC5(C)C)B3c1cc3c(cc1N2c1ccc2c(c1)C(C)(C)CCC2(C)C)C(C)(C)CCC3(C)C. The van der Waals surface area contributed by atoms with Crippen LogP contribution in [0.3, 0.4) is 0 Å². The van der Waals surface area contributed by atoms with Crippen molar-refractivity contribution in [3.8, 4) is 0 Å². The molecule has 0 bridgehead atoms. The van der Waals surface area contributed by atoms with E-state index in [0.29, 0.717) is 5.92 Å². The molecule has 0 radical (unpaired) electrons. The lowest BCUT2D eigenvalue weighted by atomic mass is 9.35. The smallest absolute Gasteiger partial charge is 0.297 e. The van der Waals surface area contributed by atoms with E-state index in [2.05, 4.69) is 193 Å². The molecule has 0 atom stereocenters. The molecule has 0 amide bonds. The summed E-state index contributed by atoms with van der Waals surface area (Å²) in [6.45, 7) is 36.3. The molecule has 6 aromatic rings. The Kier molecular flexibility index (Phi) is 8.68. The molecule has 1 aromatic heterocycles. The fraction of sp³-hybridized carbons (Fsp3) is 0.467. The first-order chi connectivity index (χ1) is 29.9. The monoisotopic (exact) mass is 847 g/mol. The lowest BCUT2D eigenvalue weighted by molar-refractivity contribution is 0.332. The van der Waals surface area contributed by atoms with Crippen molar-refractivity contribution in [1.29, 1.82) is 0 Å². The fourth-order valence-electron chi connectivity index (χ4n) is 13.0. The van der Waals surface area contributed by atoms with Crippen molar-refractivity contribution >= 4 is 68.4 Å². The van der Waals surface area contributed by atoms with E-state index < -0.39 is 0 Å². The Balaban J connectivity index is 1.27. The highest BCUT2D eigenvalue weighted by molar-refractivity contribution is 7.00. The van der Waals surface area contributed by atoms with Crippen molar-refractivity contribution in [3.05, 3.63) is 123 Å². The van der Waals surface area contributed by atoms with Crippen LogP contribution in [0.1, 0.15) is 186 Å². The van der Waals surface area contributed by atoms with Crippen LogP contribution in [0.25, 0.3) is 11.0 Å². The highest BCUT2D eigenvalue weighted by Crippen LogP contribution is 2.55. The van der Waals surface area contributed by atoms with Crippen LogP contribution < -0.4 is 26.4 Å². The molecule has 3 aliphatic carbocycles. The third kappa shape index (κ3) is 5.91. The Morgan fingerprint density at radius 1 is 0.484 bits per heavy atom. The van der Waals surface area contributed by atoms with E-state index in [1.165, 1.54) is 133 Å². The second-order valence-electron chi connectivity index (χ2n) is 25.3. The molecule has 330 valence electrons. The van der Waals surface area contributed by atoms with Crippen LogP contribution in [-0.2, 0) is 32.5 Å². The summed E-state index contributed by atoms with van der Waals surface area (Å²) in [6, 6.07) is 32.2. The van der Waals surface area contributed by atoms with Crippen molar-refractivity contribution in [2.45, 2.75) is 181 Å². The minimum atomic E-state index is -0.0809. The molecule has 0 saturated heterocycles. The topological polar surface area (TPSA) is 19.6 Å². The summed E-state index contributed by atoms with van der Waals surface area (Å²) in [5.41, 5.74) is 24.2. The lowest BCUT2D eigenvalue weighted by Gasteiger charge is -2.47. The van der Waals surface area contributed by atoms with Gasteiger partial charge in [-0.25, -0.2) is 0 Å². The largest absolute Gasteiger partial charge is 0.468 e. The number of benzene rings is 5. The maximum Gasteiger partial charge on any atom is 0.297 e. The van der Waals surface area contributed by atoms with Gasteiger partial charge in [-0.05, 0) is 194 Å². The zero-order valence-corrected chi connectivity index (χ0v) is 41.7. The summed E-state index contributed by atoms with van der Waals surface area (Å²) in [5.74, 6) is 0.450. The maximum atomic E-state index is 7.61. The molecule has 0 unspecified atom stereocenters. The third-order valence-corrected chi connectivity index (χ3v) is 17.7. The van der Waals surface area contributed by atoms with Crippen LogP contribution in [-0.4, -0.2) is 6.71 Å². The fourth-order valence-corrected chi connectivity index (χ4v) is 13.0. The number of fused-ring (bicyclic) bond motifs is 9. The zero-order valence-electron chi connectivity index (χ0n) is 41.7. The van der Waals surface area contributed by atoms with Gasteiger partial charge >= 0.3 is 0 Å². The molecule has 2 aliphatic heterocycles. The number of nitrogens with zero attached hydrogens (tertiary/aromatic N) is 2. The summed E-state index contributed by atoms with van der Waals surface area (Å²) < 4.78 is 7.61. The minimum absolute atomic E-state index is 0.0499. The molecule has 0 spiro atoms. The summed E-state index contributed by atoms with van der Waals surface area (Å²) in [7, 11) is 0. The molecule has 0 N–H and O–H groups in total. The first kappa shape index (κ1) is 42.0. The molecule has 5 aliphatic rings. The second kappa shape index (κ2) is 13.2. The minimum Gasteiger partial charge on any atom is -0.468 e. The Morgan fingerprint density at radius 2 is 0.953 bits per heavy atom. The molecule has 3 nitrogen and oxygen atoms in total.